The van der Waals surface area contributed by atoms with Crippen molar-refractivity contribution >= 4 is 32.9 Å². The Morgan fingerprint density at radius 3 is 2.95 bits per heavy atom. The molecule has 4 rings (SSSR count). The van der Waals surface area contributed by atoms with Crippen LogP contribution in [-0.4, -0.2) is 9.97 Å². The number of rotatable bonds is 2. The fourth-order valence-electron chi connectivity index (χ4n) is 2.15. The third-order valence-corrected chi connectivity index (χ3v) is 4.98. The first-order chi connectivity index (χ1) is 9.83. The first-order valence-corrected chi connectivity index (χ1v) is 7.79. The molecule has 0 saturated heterocycles. The molecular weight excluding hydrogens is 288 g/mol. The Bertz CT molecular complexity index is 861. The summed E-state index contributed by atoms with van der Waals surface area (Å²) >= 11 is 3.33. The van der Waals surface area contributed by atoms with Gasteiger partial charge in [-0.1, -0.05) is 6.07 Å². The van der Waals surface area contributed by atoms with E-state index in [4.69, 9.17) is 4.42 Å². The second kappa shape index (κ2) is 4.54. The van der Waals surface area contributed by atoms with Gasteiger partial charge in [-0.3, -0.25) is 0 Å². The van der Waals surface area contributed by atoms with Crippen molar-refractivity contribution in [2.24, 2.45) is 0 Å². The summed E-state index contributed by atoms with van der Waals surface area (Å²) in [6, 6.07) is 8.03. The number of fused-ring (bicyclic) bond motifs is 1. The zero-order valence-electron chi connectivity index (χ0n) is 10.6. The van der Waals surface area contributed by atoms with Gasteiger partial charge in [-0.2, -0.15) is 0 Å². The van der Waals surface area contributed by atoms with Gasteiger partial charge in [-0.05, 0) is 30.5 Å². The Kier molecular flexibility index (Phi) is 2.68. The molecule has 3 nitrogen and oxygen atoms in total. The molecule has 0 fully saturated rings. The topological polar surface area (TPSA) is 38.9 Å². The highest BCUT2D eigenvalue weighted by Gasteiger charge is 2.19. The van der Waals surface area contributed by atoms with Gasteiger partial charge in [0.05, 0.1) is 11.1 Å². The normalized spacial score (nSPS) is 11.2. The molecule has 0 aromatic carbocycles. The van der Waals surface area contributed by atoms with Crippen molar-refractivity contribution in [2.45, 2.75) is 6.92 Å². The zero-order valence-corrected chi connectivity index (χ0v) is 12.2. The average Bonchev–Trinajstić information content (AvgIpc) is 3.17. The summed E-state index contributed by atoms with van der Waals surface area (Å²) in [6.45, 7) is 1.88. The second-order valence-electron chi connectivity index (χ2n) is 4.32. The van der Waals surface area contributed by atoms with Crippen LogP contribution in [0.3, 0.4) is 0 Å². The van der Waals surface area contributed by atoms with E-state index >= 15 is 0 Å². The predicted molar refractivity (Wildman–Crippen MR) is 82.0 cm³/mol. The highest BCUT2D eigenvalue weighted by atomic mass is 32.1. The van der Waals surface area contributed by atoms with Crippen LogP contribution >= 0.6 is 22.7 Å². The van der Waals surface area contributed by atoms with Crippen LogP contribution in [0.15, 0.2) is 40.3 Å². The molecule has 0 aliphatic heterocycles. The zero-order chi connectivity index (χ0) is 13.5. The molecular formula is C15H9N2OS2. The fraction of sp³-hybridized carbons (Fsp3) is 0.0667. The van der Waals surface area contributed by atoms with Crippen LogP contribution in [0.5, 0.6) is 0 Å². The largest absolute Gasteiger partial charge is 0.463 e. The van der Waals surface area contributed by atoms with Gasteiger partial charge in [-0.15, -0.1) is 22.7 Å². The predicted octanol–water partition coefficient (Wildman–Crippen LogP) is 4.79. The number of thiophene rings is 2. The lowest BCUT2D eigenvalue weighted by atomic mass is 10.1. The molecule has 0 spiro atoms. The SMILES string of the molecule is Cc1n[c]c2c(-c3cccs3)c(-c3ccco3)sc2n1. The minimum atomic E-state index is 0.738. The van der Waals surface area contributed by atoms with Crippen LogP contribution in [0, 0.1) is 13.1 Å². The average molecular weight is 297 g/mol. The Labute approximate surface area is 123 Å². The first-order valence-electron chi connectivity index (χ1n) is 6.09. The van der Waals surface area contributed by atoms with E-state index in [1.807, 2.05) is 25.1 Å². The molecule has 0 atom stereocenters. The van der Waals surface area contributed by atoms with Crippen molar-refractivity contribution in [3.8, 4) is 21.1 Å². The van der Waals surface area contributed by atoms with Crippen molar-refractivity contribution in [3.05, 3.63) is 47.9 Å². The van der Waals surface area contributed by atoms with E-state index < -0.39 is 0 Å². The van der Waals surface area contributed by atoms with Crippen molar-refractivity contribution in [1.29, 1.82) is 0 Å². The first kappa shape index (κ1) is 11.8. The van der Waals surface area contributed by atoms with Gasteiger partial charge in [0.15, 0.2) is 0 Å². The molecule has 0 N–H and O–H groups in total. The Balaban J connectivity index is 2.09. The van der Waals surface area contributed by atoms with E-state index in [1.165, 1.54) is 4.88 Å². The van der Waals surface area contributed by atoms with Gasteiger partial charge in [0, 0.05) is 15.8 Å². The van der Waals surface area contributed by atoms with Crippen LogP contribution in [-0.2, 0) is 0 Å². The Hall–Kier alpha value is -1.98. The van der Waals surface area contributed by atoms with Crippen molar-refractivity contribution in [3.63, 3.8) is 0 Å². The van der Waals surface area contributed by atoms with E-state index in [1.54, 1.807) is 28.9 Å². The van der Waals surface area contributed by atoms with Crippen LogP contribution in [0.25, 0.3) is 31.3 Å². The van der Waals surface area contributed by atoms with Gasteiger partial charge in [0.25, 0.3) is 0 Å². The number of furan rings is 1. The molecule has 0 unspecified atom stereocenters. The lowest BCUT2D eigenvalue weighted by molar-refractivity contribution is 0.584. The number of hydrogen-bond donors (Lipinski definition) is 0. The molecule has 4 aromatic heterocycles. The summed E-state index contributed by atoms with van der Waals surface area (Å²) in [5.41, 5.74) is 1.12. The highest BCUT2D eigenvalue weighted by Crippen LogP contribution is 2.45. The van der Waals surface area contributed by atoms with Gasteiger partial charge >= 0.3 is 0 Å². The van der Waals surface area contributed by atoms with E-state index in [0.29, 0.717) is 0 Å². The molecule has 1 radical (unpaired) electrons. The summed E-state index contributed by atoms with van der Waals surface area (Å²) in [7, 11) is 0. The molecule has 4 aromatic rings. The van der Waals surface area contributed by atoms with Crippen LogP contribution in [0.2, 0.25) is 0 Å². The van der Waals surface area contributed by atoms with Crippen LogP contribution in [0.1, 0.15) is 5.82 Å². The maximum atomic E-state index is 5.57. The second-order valence-corrected chi connectivity index (χ2v) is 6.27. The summed E-state index contributed by atoms with van der Waals surface area (Å²) in [4.78, 5) is 12.0. The van der Waals surface area contributed by atoms with Crippen molar-refractivity contribution in [1.82, 2.24) is 9.97 Å². The maximum absolute atomic E-state index is 5.57. The third-order valence-electron chi connectivity index (χ3n) is 3.00. The summed E-state index contributed by atoms with van der Waals surface area (Å²) < 4.78 is 5.57. The number of aromatic nitrogens is 2. The monoisotopic (exact) mass is 297 g/mol. The van der Waals surface area contributed by atoms with Crippen LogP contribution < -0.4 is 0 Å². The van der Waals surface area contributed by atoms with Gasteiger partial charge in [0.2, 0.25) is 0 Å². The van der Waals surface area contributed by atoms with Crippen molar-refractivity contribution < 1.29 is 4.42 Å². The fourth-order valence-corrected chi connectivity index (χ4v) is 4.15. The quantitative estimate of drug-likeness (QED) is 0.534. The summed E-state index contributed by atoms with van der Waals surface area (Å²) in [5, 5.41) is 3.04. The standard InChI is InChI=1S/C15H9N2OS2/c1-9-16-8-10-13(12-5-3-7-19-12)14(20-15(10)17-9)11-4-2-6-18-11/h2-7H,1H3. The van der Waals surface area contributed by atoms with Crippen LogP contribution in [0.4, 0.5) is 0 Å². The summed E-state index contributed by atoms with van der Waals surface area (Å²) in [6.07, 6.45) is 4.81. The smallest absolute Gasteiger partial charge is 0.144 e. The molecule has 0 aliphatic rings. The number of aryl methyl sites for hydroxylation is 1. The molecule has 4 heterocycles. The van der Waals surface area contributed by atoms with E-state index in [-0.39, 0.29) is 0 Å². The minimum absolute atomic E-state index is 0.738. The number of nitrogens with zero attached hydrogens (tertiary/aromatic N) is 2. The Morgan fingerprint density at radius 1 is 1.25 bits per heavy atom. The van der Waals surface area contributed by atoms with Gasteiger partial charge < -0.3 is 4.42 Å². The maximum Gasteiger partial charge on any atom is 0.144 e. The minimum Gasteiger partial charge on any atom is -0.463 e. The molecule has 97 valence electrons. The molecule has 5 heteroatoms. The van der Waals surface area contributed by atoms with Gasteiger partial charge in [0.1, 0.15) is 22.6 Å². The molecule has 20 heavy (non-hydrogen) atoms. The number of hydrogen-bond acceptors (Lipinski definition) is 5. The molecule has 0 aliphatic carbocycles. The molecule has 0 amide bonds. The highest BCUT2D eigenvalue weighted by molar-refractivity contribution is 7.23. The van der Waals surface area contributed by atoms with E-state index in [0.717, 1.165) is 32.2 Å². The van der Waals surface area contributed by atoms with E-state index in [9.17, 15) is 0 Å². The summed E-state index contributed by atoms with van der Waals surface area (Å²) in [5.74, 6) is 1.60. The molecule has 0 saturated carbocycles. The Morgan fingerprint density at radius 2 is 2.20 bits per heavy atom. The van der Waals surface area contributed by atoms with E-state index in [2.05, 4.69) is 27.6 Å². The lowest BCUT2D eigenvalue weighted by Crippen LogP contribution is -1.85. The lowest BCUT2D eigenvalue weighted by Gasteiger charge is -1.99. The van der Waals surface area contributed by atoms with Crippen molar-refractivity contribution in [2.75, 3.05) is 0 Å². The van der Waals surface area contributed by atoms with Gasteiger partial charge in [-0.25, -0.2) is 9.97 Å². The molecule has 0 bridgehead atoms. The third kappa shape index (κ3) is 1.78.